The summed E-state index contributed by atoms with van der Waals surface area (Å²) in [5.74, 6) is 0. The molecular weight excluding hydrogens is 288 g/mol. The molecule has 120 valence electrons. The molecule has 0 saturated carbocycles. The maximum absolute atomic E-state index is 9.82. The summed E-state index contributed by atoms with van der Waals surface area (Å²) < 4.78 is 5.49. The minimum atomic E-state index is -0.485. The van der Waals surface area contributed by atoms with Gasteiger partial charge in [0.15, 0.2) is 0 Å². The van der Waals surface area contributed by atoms with Crippen LogP contribution in [0.4, 0.5) is 0 Å². The van der Waals surface area contributed by atoms with Crippen LogP contribution in [0.25, 0.3) is 0 Å². The van der Waals surface area contributed by atoms with Gasteiger partial charge in [-0.15, -0.1) is 0 Å². The average molecular weight is 315 g/mol. The van der Waals surface area contributed by atoms with Crippen molar-refractivity contribution in [1.29, 1.82) is 0 Å². The van der Waals surface area contributed by atoms with Crippen LogP contribution in [0.5, 0.6) is 0 Å². The summed E-state index contributed by atoms with van der Waals surface area (Å²) in [7, 11) is 2.10. The van der Waals surface area contributed by atoms with Gasteiger partial charge in [-0.25, -0.2) is 0 Å². The van der Waals surface area contributed by atoms with E-state index in [4.69, 9.17) is 16.3 Å². The molecule has 0 aliphatic carbocycles. The summed E-state index contributed by atoms with van der Waals surface area (Å²) in [5.41, 5.74) is 1.05. The molecule has 1 aromatic rings. The predicted molar refractivity (Wildman–Crippen MR) is 87.8 cm³/mol. The number of nitrogens with one attached hydrogen (secondary N) is 1. The number of hydrogen-bond donors (Lipinski definition) is 2. The third-order valence-corrected chi connectivity index (χ3v) is 3.65. The topological polar surface area (TPSA) is 44.7 Å². The number of rotatable bonds is 10. The van der Waals surface area contributed by atoms with Crippen LogP contribution >= 0.6 is 11.6 Å². The molecule has 0 aliphatic heterocycles. The van der Waals surface area contributed by atoms with Crippen molar-refractivity contribution >= 4 is 11.6 Å². The van der Waals surface area contributed by atoms with Gasteiger partial charge in [-0.05, 0) is 38.6 Å². The van der Waals surface area contributed by atoms with Crippen molar-refractivity contribution in [3.63, 3.8) is 0 Å². The largest absolute Gasteiger partial charge is 0.389 e. The monoisotopic (exact) mass is 314 g/mol. The lowest BCUT2D eigenvalue weighted by Crippen LogP contribution is -2.37. The molecule has 0 saturated heterocycles. The highest BCUT2D eigenvalue weighted by molar-refractivity contribution is 6.30. The molecule has 5 heteroatoms. The summed E-state index contributed by atoms with van der Waals surface area (Å²) >= 11 is 5.82. The Morgan fingerprint density at radius 3 is 2.57 bits per heavy atom. The maximum Gasteiger partial charge on any atom is 0.0897 e. The SMILES string of the molecule is CC(C)N(C)CCNCC(O)COCc1ccc(Cl)cc1. The Labute approximate surface area is 133 Å². The van der Waals surface area contributed by atoms with Crippen LogP contribution in [-0.2, 0) is 11.3 Å². The van der Waals surface area contributed by atoms with Gasteiger partial charge in [-0.2, -0.15) is 0 Å². The van der Waals surface area contributed by atoms with E-state index in [9.17, 15) is 5.11 Å². The molecule has 0 radical (unpaired) electrons. The number of likely N-dealkylation sites (N-methyl/N-ethyl adjacent to an activating group) is 1. The van der Waals surface area contributed by atoms with E-state index in [-0.39, 0.29) is 0 Å². The van der Waals surface area contributed by atoms with E-state index < -0.39 is 6.10 Å². The lowest BCUT2D eigenvalue weighted by atomic mass is 10.2. The molecule has 0 aliphatic rings. The smallest absolute Gasteiger partial charge is 0.0897 e. The fourth-order valence-corrected chi connectivity index (χ4v) is 1.86. The highest BCUT2D eigenvalue weighted by Gasteiger charge is 2.06. The van der Waals surface area contributed by atoms with Gasteiger partial charge in [-0.3, -0.25) is 0 Å². The second-order valence-corrected chi connectivity index (χ2v) is 6.01. The molecule has 0 heterocycles. The lowest BCUT2D eigenvalue weighted by molar-refractivity contribution is 0.0287. The van der Waals surface area contributed by atoms with E-state index in [1.165, 1.54) is 0 Å². The quantitative estimate of drug-likeness (QED) is 0.650. The molecule has 1 atom stereocenters. The van der Waals surface area contributed by atoms with E-state index in [0.29, 0.717) is 30.8 Å². The van der Waals surface area contributed by atoms with Gasteiger partial charge < -0.3 is 20.1 Å². The van der Waals surface area contributed by atoms with Gasteiger partial charge in [0, 0.05) is 30.7 Å². The first-order valence-corrected chi connectivity index (χ1v) is 7.78. The van der Waals surface area contributed by atoms with Gasteiger partial charge in [0.2, 0.25) is 0 Å². The zero-order chi connectivity index (χ0) is 15.7. The van der Waals surface area contributed by atoms with Crippen molar-refractivity contribution in [1.82, 2.24) is 10.2 Å². The van der Waals surface area contributed by atoms with Gasteiger partial charge in [-0.1, -0.05) is 23.7 Å². The number of nitrogens with zero attached hydrogens (tertiary/aromatic N) is 1. The number of ether oxygens (including phenoxy) is 1. The van der Waals surface area contributed by atoms with Crippen molar-refractivity contribution in [2.45, 2.75) is 32.6 Å². The second-order valence-electron chi connectivity index (χ2n) is 5.57. The lowest BCUT2D eigenvalue weighted by Gasteiger charge is -2.21. The highest BCUT2D eigenvalue weighted by Crippen LogP contribution is 2.10. The summed E-state index contributed by atoms with van der Waals surface area (Å²) in [6.07, 6.45) is -0.485. The summed E-state index contributed by atoms with van der Waals surface area (Å²) in [4.78, 5) is 2.26. The zero-order valence-corrected chi connectivity index (χ0v) is 13.9. The summed E-state index contributed by atoms with van der Waals surface area (Å²) in [5, 5.41) is 13.8. The van der Waals surface area contributed by atoms with Crippen LogP contribution in [0.15, 0.2) is 24.3 Å². The minimum absolute atomic E-state index is 0.329. The standard InChI is InChI=1S/C16H27ClN2O2/c1-13(2)19(3)9-8-18-10-16(20)12-21-11-14-4-6-15(17)7-5-14/h4-7,13,16,18,20H,8-12H2,1-3H3. The Kier molecular flexibility index (Phi) is 8.88. The first-order valence-electron chi connectivity index (χ1n) is 7.40. The number of hydrogen-bond acceptors (Lipinski definition) is 4. The van der Waals surface area contributed by atoms with Crippen LogP contribution in [0.3, 0.4) is 0 Å². The fraction of sp³-hybridized carbons (Fsp3) is 0.625. The maximum atomic E-state index is 9.82. The third kappa shape index (κ3) is 8.39. The Bertz CT molecular complexity index is 384. The highest BCUT2D eigenvalue weighted by atomic mass is 35.5. The number of aliphatic hydroxyl groups excluding tert-OH is 1. The molecule has 21 heavy (non-hydrogen) atoms. The molecule has 1 unspecified atom stereocenters. The molecule has 2 N–H and O–H groups in total. The average Bonchev–Trinajstić information content (AvgIpc) is 2.45. The van der Waals surface area contributed by atoms with E-state index >= 15 is 0 Å². The minimum Gasteiger partial charge on any atom is -0.389 e. The molecule has 0 bridgehead atoms. The molecule has 0 amide bonds. The molecular formula is C16H27ClN2O2. The molecule has 0 fully saturated rings. The molecule has 4 nitrogen and oxygen atoms in total. The van der Waals surface area contributed by atoms with Crippen LogP contribution < -0.4 is 5.32 Å². The van der Waals surface area contributed by atoms with Gasteiger partial charge in [0.05, 0.1) is 19.3 Å². The van der Waals surface area contributed by atoms with Gasteiger partial charge in [0.1, 0.15) is 0 Å². The van der Waals surface area contributed by atoms with E-state index in [0.717, 1.165) is 18.7 Å². The summed E-state index contributed by atoms with van der Waals surface area (Å²) in [6.45, 7) is 7.53. The fourth-order valence-electron chi connectivity index (χ4n) is 1.73. The second kappa shape index (κ2) is 10.1. The Morgan fingerprint density at radius 2 is 1.95 bits per heavy atom. The van der Waals surface area contributed by atoms with Crippen molar-refractivity contribution in [3.8, 4) is 0 Å². The van der Waals surface area contributed by atoms with Gasteiger partial charge >= 0.3 is 0 Å². The molecule has 0 spiro atoms. The normalized spacial score (nSPS) is 13.1. The molecule has 0 aromatic heterocycles. The molecule has 1 aromatic carbocycles. The van der Waals surface area contributed by atoms with Gasteiger partial charge in [0.25, 0.3) is 0 Å². The zero-order valence-electron chi connectivity index (χ0n) is 13.2. The van der Waals surface area contributed by atoms with Crippen molar-refractivity contribution in [3.05, 3.63) is 34.9 Å². The number of aliphatic hydroxyl groups is 1. The Balaban J connectivity index is 2.06. The number of halogens is 1. The van der Waals surface area contributed by atoms with E-state index in [1.54, 1.807) is 0 Å². The first kappa shape index (κ1) is 18.4. The van der Waals surface area contributed by atoms with Crippen molar-refractivity contribution < 1.29 is 9.84 Å². The Morgan fingerprint density at radius 1 is 1.29 bits per heavy atom. The van der Waals surface area contributed by atoms with Crippen LogP contribution in [0, 0.1) is 0 Å². The predicted octanol–water partition coefficient (Wildman–Crippen LogP) is 2.15. The van der Waals surface area contributed by atoms with Crippen LogP contribution in [0.2, 0.25) is 5.02 Å². The summed E-state index contributed by atoms with van der Waals surface area (Å²) in [6, 6.07) is 8.07. The third-order valence-electron chi connectivity index (χ3n) is 3.40. The molecule has 1 rings (SSSR count). The number of benzene rings is 1. The van der Waals surface area contributed by atoms with Crippen molar-refractivity contribution in [2.24, 2.45) is 0 Å². The van der Waals surface area contributed by atoms with E-state index in [2.05, 4.69) is 31.1 Å². The van der Waals surface area contributed by atoms with E-state index in [1.807, 2.05) is 24.3 Å². The van der Waals surface area contributed by atoms with Crippen LogP contribution in [-0.4, -0.2) is 55.4 Å². The van der Waals surface area contributed by atoms with Crippen molar-refractivity contribution in [2.75, 3.05) is 33.3 Å². The van der Waals surface area contributed by atoms with Crippen LogP contribution in [0.1, 0.15) is 19.4 Å². The Hall–Kier alpha value is -0.650. The first-order chi connectivity index (χ1) is 9.99.